The summed E-state index contributed by atoms with van der Waals surface area (Å²) >= 11 is 1.77. The Morgan fingerprint density at radius 3 is 2.38 bits per heavy atom. The molecule has 0 atom stereocenters. The largest absolute Gasteiger partial charge is 0.491 e. The highest BCUT2D eigenvalue weighted by molar-refractivity contribution is 7.98. The average molecular weight is 232 g/mol. The molecule has 0 fully saturated rings. The van der Waals surface area contributed by atoms with Gasteiger partial charge in [-0.15, -0.1) is 11.8 Å². The molecule has 0 N–H and O–H groups in total. The van der Waals surface area contributed by atoms with E-state index < -0.39 is 0 Å². The van der Waals surface area contributed by atoms with Gasteiger partial charge in [-0.25, -0.2) is 0 Å². The zero-order valence-electron chi connectivity index (χ0n) is 9.86. The van der Waals surface area contributed by atoms with E-state index in [0.29, 0.717) is 0 Å². The smallest absolute Gasteiger partial charge is 0.120 e. The average Bonchev–Trinajstić information content (AvgIpc) is 2.27. The van der Waals surface area contributed by atoms with Gasteiger partial charge in [-0.1, -0.05) is 12.1 Å². The number of fused-ring (bicyclic) bond motifs is 1. The van der Waals surface area contributed by atoms with Crippen LogP contribution in [0.3, 0.4) is 0 Å². The van der Waals surface area contributed by atoms with Crippen molar-refractivity contribution < 1.29 is 4.74 Å². The highest BCUT2D eigenvalue weighted by atomic mass is 32.2. The fraction of sp³-hybridized carbons (Fsp3) is 0.286. The monoisotopic (exact) mass is 232 g/mol. The third-order valence-electron chi connectivity index (χ3n) is 2.39. The van der Waals surface area contributed by atoms with Crippen LogP contribution >= 0.6 is 11.8 Å². The van der Waals surface area contributed by atoms with Crippen molar-refractivity contribution in [1.82, 2.24) is 0 Å². The van der Waals surface area contributed by atoms with Crippen LogP contribution in [0.1, 0.15) is 13.8 Å². The first-order chi connectivity index (χ1) is 7.69. The minimum absolute atomic E-state index is 0.225. The van der Waals surface area contributed by atoms with Crippen LogP contribution in [0.15, 0.2) is 41.3 Å². The molecule has 1 nitrogen and oxygen atoms in total. The molecule has 0 aromatic heterocycles. The summed E-state index contributed by atoms with van der Waals surface area (Å²) in [6, 6.07) is 12.7. The second-order valence-corrected chi connectivity index (χ2v) is 4.92. The lowest BCUT2D eigenvalue weighted by molar-refractivity contribution is 0.243. The maximum absolute atomic E-state index is 5.67. The summed E-state index contributed by atoms with van der Waals surface area (Å²) in [4.78, 5) is 1.30. The molecule has 0 spiro atoms. The van der Waals surface area contributed by atoms with Gasteiger partial charge in [0.1, 0.15) is 5.75 Å². The highest BCUT2D eigenvalue weighted by Gasteiger charge is 2.00. The molecule has 0 amide bonds. The van der Waals surface area contributed by atoms with E-state index in [1.165, 1.54) is 15.7 Å². The first-order valence-corrected chi connectivity index (χ1v) is 6.66. The number of hydrogen-bond acceptors (Lipinski definition) is 2. The van der Waals surface area contributed by atoms with E-state index in [4.69, 9.17) is 4.74 Å². The van der Waals surface area contributed by atoms with E-state index in [1.54, 1.807) is 11.8 Å². The Morgan fingerprint density at radius 2 is 1.69 bits per heavy atom. The molecular formula is C14H16OS. The van der Waals surface area contributed by atoms with Gasteiger partial charge in [0.2, 0.25) is 0 Å². The van der Waals surface area contributed by atoms with Crippen molar-refractivity contribution in [2.75, 3.05) is 6.26 Å². The van der Waals surface area contributed by atoms with Crippen LogP contribution in [-0.2, 0) is 0 Å². The molecule has 0 saturated carbocycles. The van der Waals surface area contributed by atoms with Crippen molar-refractivity contribution in [3.63, 3.8) is 0 Å². The van der Waals surface area contributed by atoms with Gasteiger partial charge >= 0.3 is 0 Å². The standard InChI is InChI=1S/C14H16OS/c1-10(2)15-13-6-4-12-9-14(16-3)7-5-11(12)8-13/h4-10H,1-3H3. The van der Waals surface area contributed by atoms with Gasteiger partial charge in [0, 0.05) is 4.90 Å². The van der Waals surface area contributed by atoms with Gasteiger partial charge in [0.25, 0.3) is 0 Å². The van der Waals surface area contributed by atoms with Crippen molar-refractivity contribution in [2.24, 2.45) is 0 Å². The van der Waals surface area contributed by atoms with Crippen LogP contribution in [0.5, 0.6) is 5.75 Å². The fourth-order valence-corrected chi connectivity index (χ4v) is 2.12. The molecule has 2 aromatic rings. The molecule has 0 aliphatic rings. The van der Waals surface area contributed by atoms with Gasteiger partial charge < -0.3 is 4.74 Å². The van der Waals surface area contributed by atoms with Crippen molar-refractivity contribution in [3.8, 4) is 5.75 Å². The third-order valence-corrected chi connectivity index (χ3v) is 3.12. The van der Waals surface area contributed by atoms with Gasteiger partial charge in [-0.3, -0.25) is 0 Å². The number of thioether (sulfide) groups is 1. The summed E-state index contributed by atoms with van der Waals surface area (Å²) in [5.74, 6) is 0.944. The summed E-state index contributed by atoms with van der Waals surface area (Å²) in [5, 5.41) is 2.50. The summed E-state index contributed by atoms with van der Waals surface area (Å²) in [5.41, 5.74) is 0. The SMILES string of the molecule is CSc1ccc2cc(OC(C)C)ccc2c1. The first kappa shape index (κ1) is 11.3. The van der Waals surface area contributed by atoms with E-state index >= 15 is 0 Å². The van der Waals surface area contributed by atoms with E-state index in [-0.39, 0.29) is 6.10 Å². The quantitative estimate of drug-likeness (QED) is 0.728. The first-order valence-electron chi connectivity index (χ1n) is 5.43. The Kier molecular flexibility index (Phi) is 3.39. The van der Waals surface area contributed by atoms with Crippen molar-refractivity contribution in [1.29, 1.82) is 0 Å². The molecule has 2 heteroatoms. The van der Waals surface area contributed by atoms with Gasteiger partial charge in [-0.2, -0.15) is 0 Å². The number of rotatable bonds is 3. The molecule has 0 heterocycles. The van der Waals surface area contributed by atoms with Gasteiger partial charge in [0.05, 0.1) is 6.10 Å². The van der Waals surface area contributed by atoms with Crippen molar-refractivity contribution in [3.05, 3.63) is 36.4 Å². The molecule has 2 aromatic carbocycles. The van der Waals surface area contributed by atoms with Crippen LogP contribution in [0.4, 0.5) is 0 Å². The molecule has 0 radical (unpaired) electrons. The third kappa shape index (κ3) is 2.50. The van der Waals surface area contributed by atoms with E-state index in [0.717, 1.165) is 5.75 Å². The molecule has 84 valence electrons. The molecule has 0 saturated heterocycles. The fourth-order valence-electron chi connectivity index (χ4n) is 1.67. The predicted molar refractivity (Wildman–Crippen MR) is 71.5 cm³/mol. The maximum Gasteiger partial charge on any atom is 0.120 e. The normalized spacial score (nSPS) is 11.0. The van der Waals surface area contributed by atoms with E-state index in [2.05, 4.69) is 36.6 Å². The van der Waals surface area contributed by atoms with Crippen LogP contribution in [0.25, 0.3) is 10.8 Å². The van der Waals surface area contributed by atoms with Crippen LogP contribution in [0.2, 0.25) is 0 Å². The van der Waals surface area contributed by atoms with Gasteiger partial charge in [-0.05, 0) is 55.1 Å². The number of ether oxygens (including phenoxy) is 1. The summed E-state index contributed by atoms with van der Waals surface area (Å²) in [6.07, 6.45) is 2.32. The Balaban J connectivity index is 2.39. The number of hydrogen-bond donors (Lipinski definition) is 0. The molecule has 2 rings (SSSR count). The van der Waals surface area contributed by atoms with E-state index in [1.807, 2.05) is 19.9 Å². The van der Waals surface area contributed by atoms with Crippen molar-refractivity contribution >= 4 is 22.5 Å². The van der Waals surface area contributed by atoms with Crippen LogP contribution < -0.4 is 4.74 Å². The molecule has 0 bridgehead atoms. The summed E-state index contributed by atoms with van der Waals surface area (Å²) in [7, 11) is 0. The zero-order chi connectivity index (χ0) is 11.5. The Hall–Kier alpha value is -1.15. The Labute approximate surface area is 101 Å². The number of benzene rings is 2. The predicted octanol–water partition coefficient (Wildman–Crippen LogP) is 4.35. The lowest BCUT2D eigenvalue weighted by Crippen LogP contribution is -2.05. The molecule has 0 aliphatic heterocycles. The molecule has 0 aliphatic carbocycles. The van der Waals surface area contributed by atoms with Crippen molar-refractivity contribution in [2.45, 2.75) is 24.8 Å². The van der Waals surface area contributed by atoms with E-state index in [9.17, 15) is 0 Å². The minimum Gasteiger partial charge on any atom is -0.491 e. The Bertz CT molecular complexity index is 491. The minimum atomic E-state index is 0.225. The summed E-state index contributed by atoms with van der Waals surface area (Å²) < 4.78 is 5.67. The second kappa shape index (κ2) is 4.79. The van der Waals surface area contributed by atoms with Crippen LogP contribution in [-0.4, -0.2) is 12.4 Å². The Morgan fingerprint density at radius 1 is 1.00 bits per heavy atom. The zero-order valence-corrected chi connectivity index (χ0v) is 10.7. The topological polar surface area (TPSA) is 9.23 Å². The summed E-state index contributed by atoms with van der Waals surface area (Å²) in [6.45, 7) is 4.09. The highest BCUT2D eigenvalue weighted by Crippen LogP contribution is 2.25. The van der Waals surface area contributed by atoms with Gasteiger partial charge in [0.15, 0.2) is 0 Å². The molecular weight excluding hydrogens is 216 g/mol. The second-order valence-electron chi connectivity index (χ2n) is 4.04. The molecule has 16 heavy (non-hydrogen) atoms. The molecule has 0 unspecified atom stereocenters. The lowest BCUT2D eigenvalue weighted by Gasteiger charge is -2.10. The van der Waals surface area contributed by atoms with Crippen LogP contribution in [0, 0.1) is 0 Å². The lowest BCUT2D eigenvalue weighted by atomic mass is 10.1. The maximum atomic E-state index is 5.67.